The molecular weight excluding hydrogens is 272 g/mol. The molecular formula is C14H22N4OS. The van der Waals surface area contributed by atoms with Crippen LogP contribution in [0.4, 0.5) is 5.95 Å². The van der Waals surface area contributed by atoms with Gasteiger partial charge in [-0.25, -0.2) is 9.97 Å². The van der Waals surface area contributed by atoms with E-state index < -0.39 is 0 Å². The fourth-order valence-electron chi connectivity index (χ4n) is 1.96. The molecule has 2 heterocycles. The van der Waals surface area contributed by atoms with E-state index in [0.717, 1.165) is 50.1 Å². The highest BCUT2D eigenvalue weighted by Gasteiger charge is 2.08. The van der Waals surface area contributed by atoms with E-state index in [0.29, 0.717) is 0 Å². The van der Waals surface area contributed by atoms with Gasteiger partial charge >= 0.3 is 0 Å². The van der Waals surface area contributed by atoms with Gasteiger partial charge in [0.05, 0.1) is 23.4 Å². The third-order valence-corrected chi connectivity index (χ3v) is 3.93. The lowest BCUT2D eigenvalue weighted by molar-refractivity contribution is 0.147. The number of thiazole rings is 1. The lowest BCUT2D eigenvalue weighted by Gasteiger charge is -2.09. The van der Waals surface area contributed by atoms with Gasteiger partial charge in [0.1, 0.15) is 0 Å². The molecule has 0 saturated carbocycles. The van der Waals surface area contributed by atoms with Crippen LogP contribution in [0.3, 0.4) is 0 Å². The van der Waals surface area contributed by atoms with Crippen LogP contribution in [-0.2, 0) is 11.3 Å². The molecule has 0 unspecified atom stereocenters. The Bertz CT molecular complexity index is 535. The molecule has 0 amide bonds. The zero-order valence-electron chi connectivity index (χ0n) is 12.3. The minimum absolute atomic E-state index is 0.776. The summed E-state index contributed by atoms with van der Waals surface area (Å²) in [6.45, 7) is 9.34. The Morgan fingerprint density at radius 1 is 1.40 bits per heavy atom. The lowest BCUT2D eigenvalue weighted by Crippen LogP contribution is -2.11. The van der Waals surface area contributed by atoms with Crippen LogP contribution in [0.1, 0.15) is 29.6 Å². The molecule has 2 rings (SSSR count). The Hall–Kier alpha value is -1.40. The summed E-state index contributed by atoms with van der Waals surface area (Å²) in [5, 5.41) is 3.38. The molecule has 110 valence electrons. The summed E-state index contributed by atoms with van der Waals surface area (Å²) >= 11 is 1.69. The molecule has 0 fully saturated rings. The molecule has 2 aromatic heterocycles. The van der Waals surface area contributed by atoms with E-state index in [9.17, 15) is 0 Å². The molecule has 0 radical (unpaired) electrons. The summed E-state index contributed by atoms with van der Waals surface area (Å²) in [7, 11) is 0. The Morgan fingerprint density at radius 3 is 2.95 bits per heavy atom. The van der Waals surface area contributed by atoms with Crippen LogP contribution in [-0.4, -0.2) is 34.3 Å². The van der Waals surface area contributed by atoms with Crippen LogP contribution in [0.15, 0.2) is 11.7 Å². The Morgan fingerprint density at radius 2 is 2.25 bits per heavy atom. The standard InChI is InChI=1S/C14H22N4OS/c1-4-19-7-5-6-15-14-17-11(2)8-18(14)9-13-12(3)16-10-20-13/h8,10H,4-7,9H2,1-3H3,(H,15,17). The summed E-state index contributed by atoms with van der Waals surface area (Å²) in [4.78, 5) is 10.1. The lowest BCUT2D eigenvalue weighted by atomic mass is 10.4. The van der Waals surface area contributed by atoms with Crippen molar-refractivity contribution in [3.8, 4) is 0 Å². The fourth-order valence-corrected chi connectivity index (χ4v) is 2.73. The second kappa shape index (κ2) is 7.40. The second-order valence-corrected chi connectivity index (χ2v) is 5.61. The van der Waals surface area contributed by atoms with Crippen molar-refractivity contribution in [1.29, 1.82) is 0 Å². The van der Waals surface area contributed by atoms with Crippen LogP contribution >= 0.6 is 11.3 Å². The monoisotopic (exact) mass is 294 g/mol. The van der Waals surface area contributed by atoms with E-state index in [4.69, 9.17) is 4.74 Å². The predicted octanol–water partition coefficient (Wildman–Crippen LogP) is 2.84. The maximum absolute atomic E-state index is 5.33. The molecule has 0 aliphatic heterocycles. The summed E-state index contributed by atoms with van der Waals surface area (Å²) in [5.74, 6) is 0.923. The van der Waals surface area contributed by atoms with Crippen LogP contribution in [0.25, 0.3) is 0 Å². The number of nitrogens with zero attached hydrogens (tertiary/aromatic N) is 3. The quantitative estimate of drug-likeness (QED) is 0.761. The first-order valence-corrected chi connectivity index (χ1v) is 7.83. The summed E-state index contributed by atoms with van der Waals surface area (Å²) < 4.78 is 7.48. The number of ether oxygens (including phenoxy) is 1. The summed E-state index contributed by atoms with van der Waals surface area (Å²) in [6, 6.07) is 0. The Balaban J connectivity index is 1.94. The normalized spacial score (nSPS) is 10.9. The third kappa shape index (κ3) is 4.05. The minimum Gasteiger partial charge on any atom is -0.382 e. The molecule has 0 spiro atoms. The zero-order valence-corrected chi connectivity index (χ0v) is 13.2. The van der Waals surface area contributed by atoms with E-state index in [1.165, 1.54) is 4.88 Å². The molecule has 0 aliphatic rings. The number of aromatic nitrogens is 3. The van der Waals surface area contributed by atoms with Crippen LogP contribution in [0.5, 0.6) is 0 Å². The van der Waals surface area contributed by atoms with E-state index in [1.807, 2.05) is 26.3 Å². The van der Waals surface area contributed by atoms with Gasteiger partial charge in [0, 0.05) is 30.8 Å². The molecule has 0 bridgehead atoms. The van der Waals surface area contributed by atoms with E-state index in [-0.39, 0.29) is 0 Å². The first kappa shape index (κ1) is 15.0. The Labute approximate surface area is 124 Å². The number of hydrogen-bond acceptors (Lipinski definition) is 5. The maximum Gasteiger partial charge on any atom is 0.203 e. The first-order valence-electron chi connectivity index (χ1n) is 6.95. The van der Waals surface area contributed by atoms with E-state index >= 15 is 0 Å². The van der Waals surface area contributed by atoms with Gasteiger partial charge in [-0.3, -0.25) is 0 Å². The number of aryl methyl sites for hydroxylation is 2. The van der Waals surface area contributed by atoms with Crippen molar-refractivity contribution in [2.75, 3.05) is 25.1 Å². The van der Waals surface area contributed by atoms with Gasteiger partial charge in [-0.1, -0.05) is 0 Å². The average Bonchev–Trinajstić information content (AvgIpc) is 2.97. The molecule has 6 heteroatoms. The van der Waals surface area contributed by atoms with Gasteiger partial charge in [-0.05, 0) is 27.2 Å². The average molecular weight is 294 g/mol. The molecule has 20 heavy (non-hydrogen) atoms. The number of hydrogen-bond donors (Lipinski definition) is 1. The molecule has 0 saturated heterocycles. The first-order chi connectivity index (χ1) is 9.70. The van der Waals surface area contributed by atoms with Crippen LogP contribution in [0, 0.1) is 13.8 Å². The van der Waals surface area contributed by atoms with Gasteiger partial charge < -0.3 is 14.6 Å². The van der Waals surface area contributed by atoms with Gasteiger partial charge in [0.15, 0.2) is 0 Å². The predicted molar refractivity (Wildman–Crippen MR) is 82.5 cm³/mol. The maximum atomic E-state index is 5.33. The van der Waals surface area contributed by atoms with Crippen LogP contribution < -0.4 is 5.32 Å². The Kier molecular flexibility index (Phi) is 5.55. The molecule has 2 aromatic rings. The highest BCUT2D eigenvalue weighted by atomic mass is 32.1. The highest BCUT2D eigenvalue weighted by Crippen LogP contribution is 2.17. The van der Waals surface area contributed by atoms with Crippen molar-refractivity contribution in [3.63, 3.8) is 0 Å². The number of imidazole rings is 1. The minimum atomic E-state index is 0.776. The molecule has 0 atom stereocenters. The highest BCUT2D eigenvalue weighted by molar-refractivity contribution is 7.09. The summed E-state index contributed by atoms with van der Waals surface area (Å²) in [6.07, 6.45) is 3.06. The van der Waals surface area contributed by atoms with Crippen molar-refractivity contribution in [2.45, 2.75) is 33.7 Å². The van der Waals surface area contributed by atoms with Crippen LogP contribution in [0.2, 0.25) is 0 Å². The smallest absolute Gasteiger partial charge is 0.203 e. The third-order valence-electron chi connectivity index (χ3n) is 3.01. The van der Waals surface area contributed by atoms with Crippen molar-refractivity contribution in [3.05, 3.63) is 28.0 Å². The summed E-state index contributed by atoms with van der Waals surface area (Å²) in [5.41, 5.74) is 4.02. The SMILES string of the molecule is CCOCCCNc1nc(C)cn1Cc1scnc1C. The van der Waals surface area contributed by atoms with Gasteiger partial charge in [0.2, 0.25) is 5.95 Å². The molecule has 5 nitrogen and oxygen atoms in total. The van der Waals surface area contributed by atoms with Crippen molar-refractivity contribution >= 4 is 17.3 Å². The van der Waals surface area contributed by atoms with Gasteiger partial charge in [0.25, 0.3) is 0 Å². The molecule has 0 aromatic carbocycles. The fraction of sp³-hybridized carbons (Fsp3) is 0.571. The number of nitrogens with one attached hydrogen (secondary N) is 1. The largest absolute Gasteiger partial charge is 0.382 e. The van der Waals surface area contributed by atoms with Crippen molar-refractivity contribution < 1.29 is 4.74 Å². The molecule has 0 aliphatic carbocycles. The molecule has 1 N–H and O–H groups in total. The topological polar surface area (TPSA) is 52.0 Å². The van der Waals surface area contributed by atoms with E-state index in [2.05, 4.69) is 26.0 Å². The van der Waals surface area contributed by atoms with Crippen molar-refractivity contribution in [1.82, 2.24) is 14.5 Å². The van der Waals surface area contributed by atoms with Crippen molar-refractivity contribution in [2.24, 2.45) is 0 Å². The van der Waals surface area contributed by atoms with Gasteiger partial charge in [-0.15, -0.1) is 11.3 Å². The van der Waals surface area contributed by atoms with Gasteiger partial charge in [-0.2, -0.15) is 0 Å². The van der Waals surface area contributed by atoms with E-state index in [1.54, 1.807) is 11.3 Å². The number of rotatable bonds is 8. The zero-order chi connectivity index (χ0) is 14.4. The number of anilines is 1. The second-order valence-electron chi connectivity index (χ2n) is 4.67.